The molecular formula is C12H15ClN6. The molecule has 0 spiro atoms. The number of rotatable bonds is 2. The van der Waals surface area contributed by atoms with Gasteiger partial charge in [0.15, 0.2) is 0 Å². The number of hydrogen-bond donors (Lipinski definition) is 0. The molecule has 0 amide bonds. The van der Waals surface area contributed by atoms with Crippen LogP contribution >= 0.6 is 11.6 Å². The predicted molar refractivity (Wildman–Crippen MR) is 72.6 cm³/mol. The zero-order valence-electron chi connectivity index (χ0n) is 10.7. The molecule has 7 heteroatoms. The van der Waals surface area contributed by atoms with Crippen molar-refractivity contribution in [1.29, 1.82) is 0 Å². The minimum absolute atomic E-state index is 0.202. The summed E-state index contributed by atoms with van der Waals surface area (Å²) in [7, 11) is 0. The molecule has 1 atom stereocenters. The Morgan fingerprint density at radius 2 is 2.05 bits per heavy atom. The quantitative estimate of drug-likeness (QED) is 0.842. The Balaban J connectivity index is 1.97. The largest absolute Gasteiger partial charge is 0.338 e. The summed E-state index contributed by atoms with van der Waals surface area (Å²) in [5.74, 6) is 1.09. The van der Waals surface area contributed by atoms with E-state index in [1.807, 2.05) is 6.07 Å². The number of nitrogens with zero attached hydrogens (tertiary/aromatic N) is 6. The van der Waals surface area contributed by atoms with Crippen LogP contribution in [0.25, 0.3) is 5.95 Å². The average Bonchev–Trinajstić information content (AvgIpc) is 2.92. The monoisotopic (exact) mass is 278 g/mol. The molecule has 0 aromatic carbocycles. The summed E-state index contributed by atoms with van der Waals surface area (Å²) in [6.45, 7) is 3.14. The fraction of sp³-hybridized carbons (Fsp3) is 0.500. The van der Waals surface area contributed by atoms with Crippen LogP contribution < -0.4 is 4.90 Å². The Labute approximate surface area is 116 Å². The Morgan fingerprint density at radius 3 is 2.79 bits per heavy atom. The van der Waals surface area contributed by atoms with Gasteiger partial charge in [0.1, 0.15) is 0 Å². The van der Waals surface area contributed by atoms with Gasteiger partial charge in [-0.15, -0.1) is 0 Å². The number of piperidine rings is 1. The van der Waals surface area contributed by atoms with Crippen molar-refractivity contribution in [3.63, 3.8) is 0 Å². The van der Waals surface area contributed by atoms with E-state index < -0.39 is 0 Å². The Hall–Kier alpha value is -1.69. The summed E-state index contributed by atoms with van der Waals surface area (Å²) in [6.07, 6.45) is 7.03. The van der Waals surface area contributed by atoms with Crippen molar-refractivity contribution in [2.24, 2.45) is 0 Å². The molecular weight excluding hydrogens is 264 g/mol. The summed E-state index contributed by atoms with van der Waals surface area (Å²) in [6, 6.07) is 2.25. The summed E-state index contributed by atoms with van der Waals surface area (Å²) < 4.78 is 1.59. The van der Waals surface area contributed by atoms with E-state index in [9.17, 15) is 0 Å². The molecule has 0 N–H and O–H groups in total. The third-order valence-electron chi connectivity index (χ3n) is 3.35. The molecule has 1 unspecified atom stereocenters. The highest BCUT2D eigenvalue weighted by molar-refractivity contribution is 6.28. The molecule has 3 rings (SSSR count). The Bertz CT molecular complexity index is 555. The molecule has 0 saturated carbocycles. The highest BCUT2D eigenvalue weighted by Crippen LogP contribution is 2.22. The molecule has 19 heavy (non-hydrogen) atoms. The van der Waals surface area contributed by atoms with Gasteiger partial charge < -0.3 is 4.90 Å². The van der Waals surface area contributed by atoms with Gasteiger partial charge >= 0.3 is 0 Å². The van der Waals surface area contributed by atoms with E-state index in [0.29, 0.717) is 17.9 Å². The topological polar surface area (TPSA) is 59.7 Å². The molecule has 6 nitrogen and oxygen atoms in total. The minimum Gasteiger partial charge on any atom is -0.338 e. The molecule has 0 bridgehead atoms. The van der Waals surface area contributed by atoms with Gasteiger partial charge in [-0.2, -0.15) is 20.1 Å². The molecule has 0 aliphatic carbocycles. The van der Waals surface area contributed by atoms with E-state index in [4.69, 9.17) is 11.6 Å². The van der Waals surface area contributed by atoms with Crippen molar-refractivity contribution in [2.45, 2.75) is 32.2 Å². The summed E-state index contributed by atoms with van der Waals surface area (Å²) in [4.78, 5) is 15.0. The molecule has 1 aliphatic rings. The molecule has 100 valence electrons. The van der Waals surface area contributed by atoms with Crippen LogP contribution in [0.15, 0.2) is 18.5 Å². The van der Waals surface area contributed by atoms with Crippen LogP contribution in [0.2, 0.25) is 5.28 Å². The molecule has 1 fully saturated rings. The fourth-order valence-corrected chi connectivity index (χ4v) is 2.49. The molecule has 2 aromatic rings. The number of aromatic nitrogens is 5. The van der Waals surface area contributed by atoms with Gasteiger partial charge in [-0.25, -0.2) is 4.68 Å². The van der Waals surface area contributed by atoms with Gasteiger partial charge in [-0.05, 0) is 43.9 Å². The Morgan fingerprint density at radius 1 is 1.21 bits per heavy atom. The number of anilines is 1. The zero-order chi connectivity index (χ0) is 13.2. The lowest BCUT2D eigenvalue weighted by atomic mass is 10.0. The van der Waals surface area contributed by atoms with Crippen molar-refractivity contribution in [1.82, 2.24) is 24.7 Å². The van der Waals surface area contributed by atoms with Crippen molar-refractivity contribution >= 4 is 17.5 Å². The maximum Gasteiger partial charge on any atom is 0.256 e. The molecule has 0 radical (unpaired) electrons. The Kier molecular flexibility index (Phi) is 3.33. The fourth-order valence-electron chi connectivity index (χ4n) is 2.34. The minimum atomic E-state index is 0.202. The second-order valence-corrected chi connectivity index (χ2v) is 5.03. The van der Waals surface area contributed by atoms with Crippen LogP contribution in [0.4, 0.5) is 5.95 Å². The van der Waals surface area contributed by atoms with Crippen LogP contribution in [0, 0.1) is 0 Å². The van der Waals surface area contributed by atoms with E-state index in [0.717, 1.165) is 19.4 Å². The van der Waals surface area contributed by atoms with E-state index in [1.165, 1.54) is 6.42 Å². The second kappa shape index (κ2) is 5.13. The van der Waals surface area contributed by atoms with Crippen LogP contribution in [0.1, 0.15) is 26.2 Å². The van der Waals surface area contributed by atoms with E-state index in [-0.39, 0.29) is 5.28 Å². The molecule has 1 saturated heterocycles. The normalized spacial score (nSPS) is 19.7. The first-order valence-corrected chi connectivity index (χ1v) is 6.80. The molecule has 1 aliphatic heterocycles. The molecule has 2 aromatic heterocycles. The zero-order valence-corrected chi connectivity index (χ0v) is 11.5. The van der Waals surface area contributed by atoms with E-state index in [1.54, 1.807) is 17.1 Å². The summed E-state index contributed by atoms with van der Waals surface area (Å²) in [5, 5.41) is 4.32. The lowest BCUT2D eigenvalue weighted by Gasteiger charge is -2.33. The molecule has 3 heterocycles. The maximum atomic E-state index is 6.00. The third-order valence-corrected chi connectivity index (χ3v) is 3.52. The number of halogens is 1. The predicted octanol–water partition coefficient (Wildman–Crippen LogP) is 2.09. The first-order chi connectivity index (χ1) is 9.24. The SMILES string of the molecule is CC1CCCCN1c1nc(Cl)nc(-n2cccn2)n1. The second-order valence-electron chi connectivity index (χ2n) is 4.69. The maximum absolute atomic E-state index is 6.00. The summed E-state index contributed by atoms with van der Waals surface area (Å²) in [5.41, 5.74) is 0. The van der Waals surface area contributed by atoms with Crippen LogP contribution in [0.3, 0.4) is 0 Å². The van der Waals surface area contributed by atoms with Crippen LogP contribution in [-0.2, 0) is 0 Å². The number of hydrogen-bond acceptors (Lipinski definition) is 5. The van der Waals surface area contributed by atoms with Crippen molar-refractivity contribution in [3.05, 3.63) is 23.7 Å². The highest BCUT2D eigenvalue weighted by atomic mass is 35.5. The van der Waals surface area contributed by atoms with Crippen LogP contribution in [0.5, 0.6) is 0 Å². The van der Waals surface area contributed by atoms with E-state index >= 15 is 0 Å². The van der Waals surface area contributed by atoms with Gasteiger partial charge in [0.25, 0.3) is 5.95 Å². The smallest absolute Gasteiger partial charge is 0.256 e. The highest BCUT2D eigenvalue weighted by Gasteiger charge is 2.22. The third kappa shape index (κ3) is 2.53. The van der Waals surface area contributed by atoms with Crippen molar-refractivity contribution < 1.29 is 0 Å². The standard InChI is InChI=1S/C12H15ClN6/c1-9-5-2-3-7-18(9)11-15-10(13)16-12(17-11)19-8-4-6-14-19/h4,6,8-9H,2-3,5,7H2,1H3. The summed E-state index contributed by atoms with van der Waals surface area (Å²) >= 11 is 6.00. The lowest BCUT2D eigenvalue weighted by Crippen LogP contribution is -2.38. The van der Waals surface area contributed by atoms with Gasteiger partial charge in [-0.1, -0.05) is 0 Å². The van der Waals surface area contributed by atoms with Gasteiger partial charge in [-0.3, -0.25) is 0 Å². The lowest BCUT2D eigenvalue weighted by molar-refractivity contribution is 0.476. The average molecular weight is 279 g/mol. The van der Waals surface area contributed by atoms with Crippen molar-refractivity contribution in [3.8, 4) is 5.95 Å². The van der Waals surface area contributed by atoms with Gasteiger partial charge in [0.05, 0.1) is 0 Å². The first-order valence-electron chi connectivity index (χ1n) is 6.42. The van der Waals surface area contributed by atoms with Crippen molar-refractivity contribution in [2.75, 3.05) is 11.4 Å². The first kappa shape index (κ1) is 12.3. The van der Waals surface area contributed by atoms with Gasteiger partial charge in [0.2, 0.25) is 11.2 Å². The van der Waals surface area contributed by atoms with Crippen LogP contribution in [-0.4, -0.2) is 37.3 Å². The van der Waals surface area contributed by atoms with Gasteiger partial charge in [0, 0.05) is 25.0 Å². The van der Waals surface area contributed by atoms with E-state index in [2.05, 4.69) is 31.9 Å².